The third-order valence-corrected chi connectivity index (χ3v) is 4.28. The zero-order valence-corrected chi connectivity index (χ0v) is 12.7. The molecular weight excluding hydrogens is 244 g/mol. The molecule has 5 heteroatoms. The summed E-state index contributed by atoms with van der Waals surface area (Å²) in [5.41, 5.74) is -0.516. The quantitative estimate of drug-likeness (QED) is 0.702. The molecule has 0 spiro atoms. The van der Waals surface area contributed by atoms with Gasteiger partial charge in [0.2, 0.25) is 0 Å². The summed E-state index contributed by atoms with van der Waals surface area (Å²) in [6, 6.07) is 0.417. The van der Waals surface area contributed by atoms with Gasteiger partial charge in [-0.2, -0.15) is 0 Å². The van der Waals surface area contributed by atoms with E-state index in [2.05, 4.69) is 17.1 Å². The van der Waals surface area contributed by atoms with Crippen LogP contribution in [0.25, 0.3) is 0 Å². The van der Waals surface area contributed by atoms with Crippen LogP contribution in [0.5, 0.6) is 0 Å². The highest BCUT2D eigenvalue weighted by Gasteiger charge is 2.43. The van der Waals surface area contributed by atoms with Crippen LogP contribution in [-0.2, 0) is 14.3 Å². The molecule has 1 saturated carbocycles. The smallest absolute Gasteiger partial charge is 0.326 e. The number of ether oxygens (including phenoxy) is 2. The number of hydrogen-bond acceptors (Lipinski definition) is 5. The molecule has 5 nitrogen and oxygen atoms in total. The number of esters is 1. The molecule has 1 rings (SSSR count). The molecule has 0 saturated heterocycles. The van der Waals surface area contributed by atoms with Gasteiger partial charge in [-0.25, -0.2) is 0 Å². The van der Waals surface area contributed by atoms with E-state index < -0.39 is 5.54 Å². The Kier molecular flexibility index (Phi) is 6.75. The normalized spacial score (nSPS) is 27.5. The molecule has 2 unspecified atom stereocenters. The van der Waals surface area contributed by atoms with E-state index in [0.29, 0.717) is 6.04 Å². The molecule has 0 aliphatic heterocycles. The van der Waals surface area contributed by atoms with Gasteiger partial charge in [0.05, 0.1) is 13.7 Å². The largest absolute Gasteiger partial charge is 0.468 e. The second kappa shape index (κ2) is 7.82. The lowest BCUT2D eigenvalue weighted by Crippen LogP contribution is -2.57. The first-order valence-corrected chi connectivity index (χ1v) is 7.13. The summed E-state index contributed by atoms with van der Waals surface area (Å²) >= 11 is 0. The van der Waals surface area contributed by atoms with Crippen molar-refractivity contribution in [1.29, 1.82) is 0 Å². The number of nitrogens with zero attached hydrogens (tertiary/aromatic N) is 1. The molecule has 1 aliphatic rings. The van der Waals surface area contributed by atoms with E-state index in [0.717, 1.165) is 45.4 Å². The van der Waals surface area contributed by atoms with Gasteiger partial charge in [0, 0.05) is 19.7 Å². The molecular formula is C14H28N2O3. The highest BCUT2D eigenvalue weighted by Crippen LogP contribution is 2.32. The predicted octanol–water partition coefficient (Wildman–Crippen LogP) is 1.03. The van der Waals surface area contributed by atoms with Gasteiger partial charge in [-0.15, -0.1) is 0 Å². The summed E-state index contributed by atoms with van der Waals surface area (Å²) in [7, 11) is 5.04. The molecule has 0 aromatic heterocycles. The molecule has 0 heterocycles. The Labute approximate surface area is 116 Å². The maximum atomic E-state index is 12.1. The van der Waals surface area contributed by atoms with E-state index in [9.17, 15) is 4.79 Å². The van der Waals surface area contributed by atoms with Crippen molar-refractivity contribution in [3.63, 3.8) is 0 Å². The number of carbonyl (C=O) groups is 1. The van der Waals surface area contributed by atoms with Crippen LogP contribution in [0.15, 0.2) is 0 Å². The highest BCUT2D eigenvalue weighted by atomic mass is 16.5. The topological polar surface area (TPSA) is 50.8 Å². The van der Waals surface area contributed by atoms with Crippen molar-refractivity contribution in [1.82, 2.24) is 10.2 Å². The molecule has 2 atom stereocenters. The fourth-order valence-electron chi connectivity index (χ4n) is 3.07. The maximum Gasteiger partial charge on any atom is 0.326 e. The summed E-state index contributed by atoms with van der Waals surface area (Å²) in [4.78, 5) is 14.5. The van der Waals surface area contributed by atoms with Crippen LogP contribution in [0.1, 0.15) is 32.6 Å². The molecule has 0 radical (unpaired) electrons. The summed E-state index contributed by atoms with van der Waals surface area (Å²) in [5.74, 6) is -0.137. The highest BCUT2D eigenvalue weighted by molar-refractivity contribution is 5.81. The third kappa shape index (κ3) is 3.91. The summed E-state index contributed by atoms with van der Waals surface area (Å²) < 4.78 is 10.1. The van der Waals surface area contributed by atoms with Crippen molar-refractivity contribution in [2.75, 3.05) is 41.0 Å². The molecule has 0 bridgehead atoms. The zero-order chi connectivity index (χ0) is 14.3. The first-order chi connectivity index (χ1) is 9.13. The Hall–Kier alpha value is -0.650. The minimum Gasteiger partial charge on any atom is -0.468 e. The van der Waals surface area contributed by atoms with Gasteiger partial charge in [-0.1, -0.05) is 6.92 Å². The number of likely N-dealkylation sites (N-methyl/N-ethyl adjacent to an activating group) is 2. The first kappa shape index (κ1) is 16.4. The van der Waals surface area contributed by atoms with Crippen LogP contribution in [0, 0.1) is 0 Å². The molecule has 112 valence electrons. The van der Waals surface area contributed by atoms with E-state index in [1.54, 1.807) is 7.11 Å². The van der Waals surface area contributed by atoms with E-state index in [4.69, 9.17) is 9.47 Å². The lowest BCUT2D eigenvalue weighted by molar-refractivity contribution is -0.151. The van der Waals surface area contributed by atoms with Crippen molar-refractivity contribution >= 4 is 5.97 Å². The Morgan fingerprint density at radius 2 is 2.21 bits per heavy atom. The standard InChI is InChI=1S/C14H28N2O3/c1-5-16(9-10-18-3)12-7-6-8-14(11-12,15-2)13(17)19-4/h12,15H,5-11H2,1-4H3. The van der Waals surface area contributed by atoms with Gasteiger partial charge in [0.15, 0.2) is 0 Å². The fraction of sp³-hybridized carbons (Fsp3) is 0.929. The average molecular weight is 272 g/mol. The average Bonchev–Trinajstić information content (AvgIpc) is 2.47. The van der Waals surface area contributed by atoms with Crippen LogP contribution >= 0.6 is 0 Å². The van der Waals surface area contributed by atoms with Crippen LogP contribution in [0.2, 0.25) is 0 Å². The van der Waals surface area contributed by atoms with Gasteiger partial charge in [-0.3, -0.25) is 9.69 Å². The third-order valence-electron chi connectivity index (χ3n) is 4.28. The summed E-state index contributed by atoms with van der Waals surface area (Å²) in [6.45, 7) is 4.78. The Bertz CT molecular complexity index is 286. The lowest BCUT2D eigenvalue weighted by Gasteiger charge is -2.42. The second-order valence-corrected chi connectivity index (χ2v) is 5.20. The maximum absolute atomic E-state index is 12.1. The number of carbonyl (C=O) groups excluding carboxylic acids is 1. The lowest BCUT2D eigenvalue weighted by atomic mass is 9.78. The first-order valence-electron chi connectivity index (χ1n) is 7.13. The van der Waals surface area contributed by atoms with Crippen molar-refractivity contribution in [3.8, 4) is 0 Å². The molecule has 1 fully saturated rings. The predicted molar refractivity (Wildman–Crippen MR) is 75.2 cm³/mol. The number of hydrogen-bond donors (Lipinski definition) is 1. The molecule has 1 N–H and O–H groups in total. The molecule has 19 heavy (non-hydrogen) atoms. The van der Waals surface area contributed by atoms with Crippen LogP contribution < -0.4 is 5.32 Å². The Balaban J connectivity index is 2.73. The van der Waals surface area contributed by atoms with E-state index >= 15 is 0 Å². The zero-order valence-electron chi connectivity index (χ0n) is 12.7. The molecule has 0 amide bonds. The molecule has 0 aromatic rings. The second-order valence-electron chi connectivity index (χ2n) is 5.20. The molecule has 0 aromatic carbocycles. The van der Waals surface area contributed by atoms with E-state index in [-0.39, 0.29) is 5.97 Å². The van der Waals surface area contributed by atoms with Crippen molar-refractivity contribution in [3.05, 3.63) is 0 Å². The van der Waals surface area contributed by atoms with Crippen LogP contribution in [0.4, 0.5) is 0 Å². The van der Waals surface area contributed by atoms with Gasteiger partial charge in [0.25, 0.3) is 0 Å². The number of nitrogens with one attached hydrogen (secondary N) is 1. The van der Waals surface area contributed by atoms with Crippen molar-refractivity contribution < 1.29 is 14.3 Å². The van der Waals surface area contributed by atoms with Crippen molar-refractivity contribution in [2.45, 2.75) is 44.2 Å². The van der Waals surface area contributed by atoms with Crippen LogP contribution in [-0.4, -0.2) is 63.4 Å². The Morgan fingerprint density at radius 3 is 2.74 bits per heavy atom. The SMILES string of the molecule is CCN(CCOC)C1CCCC(NC)(C(=O)OC)C1. The minimum atomic E-state index is -0.516. The number of rotatable bonds is 7. The minimum absolute atomic E-state index is 0.137. The summed E-state index contributed by atoms with van der Waals surface area (Å²) in [5, 5.41) is 3.20. The molecule has 1 aliphatic carbocycles. The summed E-state index contributed by atoms with van der Waals surface area (Å²) in [6.07, 6.45) is 3.85. The van der Waals surface area contributed by atoms with E-state index in [1.165, 1.54) is 7.11 Å². The van der Waals surface area contributed by atoms with Gasteiger partial charge >= 0.3 is 5.97 Å². The number of methoxy groups -OCH3 is 2. The van der Waals surface area contributed by atoms with Gasteiger partial charge in [0.1, 0.15) is 5.54 Å². The van der Waals surface area contributed by atoms with Gasteiger partial charge in [-0.05, 0) is 39.3 Å². The van der Waals surface area contributed by atoms with E-state index in [1.807, 2.05) is 7.05 Å². The van der Waals surface area contributed by atoms with Crippen LogP contribution in [0.3, 0.4) is 0 Å². The fourth-order valence-corrected chi connectivity index (χ4v) is 3.07. The monoisotopic (exact) mass is 272 g/mol. The van der Waals surface area contributed by atoms with Crippen molar-refractivity contribution in [2.24, 2.45) is 0 Å². The Morgan fingerprint density at radius 1 is 1.47 bits per heavy atom. The van der Waals surface area contributed by atoms with Gasteiger partial charge < -0.3 is 14.8 Å².